The molecule has 1 atom stereocenters. The normalized spacial score (nSPS) is 11.3. The van der Waals surface area contributed by atoms with Crippen molar-refractivity contribution in [3.05, 3.63) is 71.3 Å². The van der Waals surface area contributed by atoms with Crippen molar-refractivity contribution in [2.24, 2.45) is 5.73 Å². The van der Waals surface area contributed by atoms with Crippen LogP contribution in [0.3, 0.4) is 0 Å². The number of hydrogen-bond acceptors (Lipinski definition) is 3. The van der Waals surface area contributed by atoms with Crippen molar-refractivity contribution < 1.29 is 9.53 Å². The number of carbonyl (C=O) groups excluding carboxylic acids is 1. The second kappa shape index (κ2) is 8.45. The van der Waals surface area contributed by atoms with E-state index in [1.165, 1.54) is 5.56 Å². The van der Waals surface area contributed by atoms with E-state index in [0.717, 1.165) is 11.1 Å². The van der Waals surface area contributed by atoms with E-state index in [2.05, 4.69) is 0 Å². The standard InChI is InChI=1S/C17H19NO2.ClH/c1-13-7-9-14(10-8-13)11-16(18)17(19)20-12-15-5-3-2-4-6-15;/h2-10,16H,11-12,18H2,1H3;1H/t16-;/m0./s1. The summed E-state index contributed by atoms with van der Waals surface area (Å²) < 4.78 is 5.22. The molecule has 0 heterocycles. The number of ether oxygens (including phenoxy) is 1. The minimum Gasteiger partial charge on any atom is -0.460 e. The maximum atomic E-state index is 11.8. The SMILES string of the molecule is Cc1ccc(C[C@H](N)C(=O)OCc2ccccc2)cc1.Cl. The summed E-state index contributed by atoms with van der Waals surface area (Å²) in [6.07, 6.45) is 0.494. The van der Waals surface area contributed by atoms with Crippen LogP contribution in [0.15, 0.2) is 54.6 Å². The summed E-state index contributed by atoms with van der Waals surface area (Å²) in [7, 11) is 0. The predicted octanol–water partition coefficient (Wildman–Crippen LogP) is 3.03. The Morgan fingerprint density at radius 1 is 1.05 bits per heavy atom. The zero-order chi connectivity index (χ0) is 14.4. The average molecular weight is 306 g/mol. The summed E-state index contributed by atoms with van der Waals surface area (Å²) in [5, 5.41) is 0. The Hall–Kier alpha value is -1.84. The molecule has 0 spiro atoms. The minimum absolute atomic E-state index is 0. The molecule has 112 valence electrons. The molecule has 21 heavy (non-hydrogen) atoms. The number of halogens is 1. The molecule has 2 N–H and O–H groups in total. The average Bonchev–Trinajstić information content (AvgIpc) is 2.48. The van der Waals surface area contributed by atoms with E-state index in [9.17, 15) is 4.79 Å². The summed E-state index contributed by atoms with van der Waals surface area (Å²) in [5.41, 5.74) is 9.07. The topological polar surface area (TPSA) is 52.3 Å². The van der Waals surface area contributed by atoms with Crippen molar-refractivity contribution in [3.63, 3.8) is 0 Å². The van der Waals surface area contributed by atoms with Crippen LogP contribution in [0.1, 0.15) is 16.7 Å². The van der Waals surface area contributed by atoms with Gasteiger partial charge in [-0.05, 0) is 24.5 Å². The number of esters is 1. The lowest BCUT2D eigenvalue weighted by Crippen LogP contribution is -2.34. The smallest absolute Gasteiger partial charge is 0.323 e. The first-order chi connectivity index (χ1) is 9.65. The first kappa shape index (κ1) is 17.2. The molecule has 2 rings (SSSR count). The summed E-state index contributed by atoms with van der Waals surface area (Å²) in [6, 6.07) is 17.0. The number of hydrogen-bond donors (Lipinski definition) is 1. The monoisotopic (exact) mass is 305 g/mol. The Morgan fingerprint density at radius 2 is 1.67 bits per heavy atom. The van der Waals surface area contributed by atoms with Gasteiger partial charge in [-0.15, -0.1) is 12.4 Å². The molecule has 2 aromatic rings. The van der Waals surface area contributed by atoms with Gasteiger partial charge in [0.25, 0.3) is 0 Å². The molecular formula is C17H20ClNO2. The highest BCUT2D eigenvalue weighted by Gasteiger charge is 2.15. The van der Waals surface area contributed by atoms with Gasteiger partial charge in [-0.25, -0.2) is 0 Å². The van der Waals surface area contributed by atoms with Gasteiger partial charge in [0.05, 0.1) is 0 Å². The van der Waals surface area contributed by atoms with Crippen LogP contribution in [0.4, 0.5) is 0 Å². The number of nitrogens with two attached hydrogens (primary N) is 1. The molecule has 4 heteroatoms. The van der Waals surface area contributed by atoms with Crippen molar-refractivity contribution in [2.45, 2.75) is 26.0 Å². The minimum atomic E-state index is -0.624. The maximum Gasteiger partial charge on any atom is 0.323 e. The lowest BCUT2D eigenvalue weighted by Gasteiger charge is -2.12. The third-order valence-electron chi connectivity index (χ3n) is 3.10. The van der Waals surface area contributed by atoms with Crippen molar-refractivity contribution in [3.8, 4) is 0 Å². The fraction of sp³-hybridized carbons (Fsp3) is 0.235. The summed E-state index contributed by atoms with van der Waals surface area (Å²) >= 11 is 0. The van der Waals surface area contributed by atoms with Crippen LogP contribution in [0.25, 0.3) is 0 Å². The van der Waals surface area contributed by atoms with E-state index in [-0.39, 0.29) is 25.0 Å². The first-order valence-electron chi connectivity index (χ1n) is 6.67. The van der Waals surface area contributed by atoms with Crippen LogP contribution >= 0.6 is 12.4 Å². The molecule has 0 fully saturated rings. The lowest BCUT2D eigenvalue weighted by molar-refractivity contribution is -0.146. The van der Waals surface area contributed by atoms with Gasteiger partial charge in [0, 0.05) is 0 Å². The molecule has 0 bridgehead atoms. The van der Waals surface area contributed by atoms with Crippen LogP contribution in [-0.4, -0.2) is 12.0 Å². The fourth-order valence-corrected chi connectivity index (χ4v) is 1.90. The zero-order valence-electron chi connectivity index (χ0n) is 12.0. The van der Waals surface area contributed by atoms with Gasteiger partial charge in [-0.3, -0.25) is 4.79 Å². The highest BCUT2D eigenvalue weighted by atomic mass is 35.5. The number of benzene rings is 2. The second-order valence-electron chi connectivity index (χ2n) is 4.89. The molecule has 0 saturated carbocycles. The van der Waals surface area contributed by atoms with Crippen molar-refractivity contribution in [1.29, 1.82) is 0 Å². The molecule has 0 unspecified atom stereocenters. The van der Waals surface area contributed by atoms with Crippen LogP contribution in [0.5, 0.6) is 0 Å². The Kier molecular flexibility index (Phi) is 6.92. The third-order valence-corrected chi connectivity index (χ3v) is 3.10. The Morgan fingerprint density at radius 3 is 2.29 bits per heavy atom. The molecule has 0 aromatic heterocycles. The van der Waals surface area contributed by atoms with Gasteiger partial charge in [0.2, 0.25) is 0 Å². The molecule has 0 aliphatic rings. The van der Waals surface area contributed by atoms with E-state index in [0.29, 0.717) is 6.42 Å². The van der Waals surface area contributed by atoms with E-state index >= 15 is 0 Å². The number of carbonyl (C=O) groups is 1. The molecular weight excluding hydrogens is 286 g/mol. The lowest BCUT2D eigenvalue weighted by atomic mass is 10.1. The van der Waals surface area contributed by atoms with E-state index < -0.39 is 6.04 Å². The molecule has 2 aromatic carbocycles. The van der Waals surface area contributed by atoms with Gasteiger partial charge in [-0.2, -0.15) is 0 Å². The zero-order valence-corrected chi connectivity index (χ0v) is 12.8. The van der Waals surface area contributed by atoms with E-state index in [1.807, 2.05) is 61.5 Å². The van der Waals surface area contributed by atoms with Crippen molar-refractivity contribution in [2.75, 3.05) is 0 Å². The maximum absolute atomic E-state index is 11.8. The van der Waals surface area contributed by atoms with E-state index in [4.69, 9.17) is 10.5 Å². The summed E-state index contributed by atoms with van der Waals surface area (Å²) in [5.74, 6) is -0.366. The Bertz CT molecular complexity index is 555. The molecule has 0 aliphatic heterocycles. The highest BCUT2D eigenvalue weighted by Crippen LogP contribution is 2.07. The quantitative estimate of drug-likeness (QED) is 0.864. The molecule has 0 aliphatic carbocycles. The highest BCUT2D eigenvalue weighted by molar-refractivity contribution is 5.85. The van der Waals surface area contributed by atoms with Gasteiger partial charge in [0.15, 0.2) is 0 Å². The largest absolute Gasteiger partial charge is 0.460 e. The first-order valence-corrected chi connectivity index (χ1v) is 6.67. The summed E-state index contributed by atoms with van der Waals surface area (Å²) in [4.78, 5) is 11.8. The summed E-state index contributed by atoms with van der Waals surface area (Å²) in [6.45, 7) is 2.29. The van der Waals surface area contributed by atoms with Gasteiger partial charge >= 0.3 is 5.97 Å². The molecule has 0 amide bonds. The Labute approximate surface area is 131 Å². The predicted molar refractivity (Wildman–Crippen MR) is 86.3 cm³/mol. The second-order valence-corrected chi connectivity index (χ2v) is 4.89. The number of aryl methyl sites for hydroxylation is 1. The third kappa shape index (κ3) is 5.58. The van der Waals surface area contributed by atoms with Gasteiger partial charge < -0.3 is 10.5 Å². The van der Waals surface area contributed by atoms with Crippen LogP contribution in [-0.2, 0) is 22.6 Å². The Balaban J connectivity index is 0.00000220. The van der Waals surface area contributed by atoms with Gasteiger partial charge in [0.1, 0.15) is 12.6 Å². The van der Waals surface area contributed by atoms with Gasteiger partial charge in [-0.1, -0.05) is 60.2 Å². The fourth-order valence-electron chi connectivity index (χ4n) is 1.90. The van der Waals surface area contributed by atoms with Crippen LogP contribution in [0.2, 0.25) is 0 Å². The van der Waals surface area contributed by atoms with Crippen molar-refractivity contribution in [1.82, 2.24) is 0 Å². The van der Waals surface area contributed by atoms with Crippen LogP contribution < -0.4 is 5.73 Å². The molecule has 3 nitrogen and oxygen atoms in total. The van der Waals surface area contributed by atoms with Crippen molar-refractivity contribution >= 4 is 18.4 Å². The van der Waals surface area contributed by atoms with E-state index in [1.54, 1.807) is 0 Å². The van der Waals surface area contributed by atoms with Crippen LogP contribution in [0, 0.1) is 6.92 Å². The molecule has 0 saturated heterocycles. The molecule has 0 radical (unpaired) electrons. The number of rotatable bonds is 5.